The largest absolute Gasteiger partial charge is 0.472 e. The third-order valence-electron chi connectivity index (χ3n) is 6.37. The standard InChI is InChI=1S/C31H20F6O/c32-30(33,34)25-15-11-21(12-16-25)19-27-20-28(22-13-17-26(18-14-22)31(35,36)37)38-29(27,23-7-3-1-4-8-23)24-9-5-2-6-10-24/h1-20H/b27-19+. The summed E-state index contributed by atoms with van der Waals surface area (Å²) in [6.07, 6.45) is -5.48. The average molecular weight is 522 g/mol. The Labute approximate surface area is 215 Å². The second-order valence-corrected chi connectivity index (χ2v) is 8.82. The zero-order valence-corrected chi connectivity index (χ0v) is 19.7. The third kappa shape index (κ3) is 4.84. The number of benzene rings is 4. The first kappa shape index (κ1) is 25.4. The number of halogens is 6. The van der Waals surface area contributed by atoms with Gasteiger partial charge in [0.25, 0.3) is 0 Å². The van der Waals surface area contributed by atoms with Gasteiger partial charge in [-0.1, -0.05) is 84.9 Å². The maximum atomic E-state index is 13.1. The molecule has 1 heterocycles. The molecule has 4 aromatic carbocycles. The molecular formula is C31H20F6O. The van der Waals surface area contributed by atoms with Crippen LogP contribution in [0, 0.1) is 0 Å². The molecule has 0 fully saturated rings. The van der Waals surface area contributed by atoms with Crippen molar-refractivity contribution in [1.29, 1.82) is 0 Å². The van der Waals surface area contributed by atoms with Gasteiger partial charge < -0.3 is 4.74 Å². The third-order valence-corrected chi connectivity index (χ3v) is 6.37. The molecule has 0 aliphatic carbocycles. The van der Waals surface area contributed by atoms with Crippen molar-refractivity contribution in [3.8, 4) is 0 Å². The second kappa shape index (κ2) is 9.56. The van der Waals surface area contributed by atoms with E-state index in [1.807, 2.05) is 60.7 Å². The molecule has 7 heteroatoms. The van der Waals surface area contributed by atoms with Gasteiger partial charge in [0.1, 0.15) is 5.76 Å². The van der Waals surface area contributed by atoms with Gasteiger partial charge in [0.2, 0.25) is 0 Å². The Balaban J connectivity index is 1.68. The fourth-order valence-corrected chi connectivity index (χ4v) is 4.52. The number of rotatable bonds is 4. The van der Waals surface area contributed by atoms with Crippen molar-refractivity contribution in [2.75, 3.05) is 0 Å². The highest BCUT2D eigenvalue weighted by Crippen LogP contribution is 2.50. The summed E-state index contributed by atoms with van der Waals surface area (Å²) < 4.78 is 85.4. The molecule has 0 amide bonds. The molecule has 0 bridgehead atoms. The lowest BCUT2D eigenvalue weighted by Crippen LogP contribution is -2.29. The molecule has 0 unspecified atom stereocenters. The maximum Gasteiger partial charge on any atom is 0.416 e. The van der Waals surface area contributed by atoms with Gasteiger partial charge in [-0.15, -0.1) is 0 Å². The van der Waals surface area contributed by atoms with Crippen LogP contribution >= 0.6 is 0 Å². The summed E-state index contributed by atoms with van der Waals surface area (Å²) >= 11 is 0. The quantitative estimate of drug-likeness (QED) is 0.243. The molecule has 38 heavy (non-hydrogen) atoms. The van der Waals surface area contributed by atoms with E-state index in [4.69, 9.17) is 4.74 Å². The van der Waals surface area contributed by atoms with E-state index in [9.17, 15) is 26.3 Å². The van der Waals surface area contributed by atoms with Gasteiger partial charge in [-0.2, -0.15) is 26.3 Å². The predicted molar refractivity (Wildman–Crippen MR) is 134 cm³/mol. The minimum absolute atomic E-state index is 0.338. The summed E-state index contributed by atoms with van der Waals surface area (Å²) in [5.41, 5.74) is 0.333. The maximum absolute atomic E-state index is 13.1. The van der Waals surface area contributed by atoms with Gasteiger partial charge in [0, 0.05) is 22.3 Å². The Morgan fingerprint density at radius 3 is 1.45 bits per heavy atom. The highest BCUT2D eigenvalue weighted by molar-refractivity contribution is 5.76. The lowest BCUT2D eigenvalue weighted by Gasteiger charge is -2.33. The van der Waals surface area contributed by atoms with Crippen LogP contribution in [0.15, 0.2) is 121 Å². The van der Waals surface area contributed by atoms with Crippen LogP contribution < -0.4 is 0 Å². The molecule has 1 nitrogen and oxygen atoms in total. The minimum atomic E-state index is -4.48. The van der Waals surface area contributed by atoms with Crippen molar-refractivity contribution in [2.24, 2.45) is 0 Å². The van der Waals surface area contributed by atoms with E-state index in [1.165, 1.54) is 24.3 Å². The number of hydrogen-bond donors (Lipinski definition) is 0. The SMILES string of the molecule is FC(F)(F)c1ccc(/C=C2\C=C(c3ccc(C(F)(F)F)cc3)OC2(c2ccccc2)c2ccccc2)cc1. The first-order valence-corrected chi connectivity index (χ1v) is 11.7. The Bertz CT molecular complexity index is 1420. The summed E-state index contributed by atoms with van der Waals surface area (Å²) in [4.78, 5) is 0. The number of hydrogen-bond acceptors (Lipinski definition) is 1. The van der Waals surface area contributed by atoms with Gasteiger partial charge in [0.15, 0.2) is 5.60 Å². The van der Waals surface area contributed by atoms with Crippen molar-refractivity contribution in [3.63, 3.8) is 0 Å². The monoisotopic (exact) mass is 522 g/mol. The molecule has 192 valence electrons. The molecule has 1 aliphatic rings. The molecule has 4 aromatic rings. The van der Waals surface area contributed by atoms with E-state index in [2.05, 4.69) is 0 Å². The van der Waals surface area contributed by atoms with E-state index in [0.29, 0.717) is 22.5 Å². The van der Waals surface area contributed by atoms with Crippen LogP contribution in [0.25, 0.3) is 11.8 Å². The van der Waals surface area contributed by atoms with Gasteiger partial charge >= 0.3 is 12.4 Å². The van der Waals surface area contributed by atoms with Crippen LogP contribution in [0.3, 0.4) is 0 Å². The van der Waals surface area contributed by atoms with Crippen LogP contribution in [0.2, 0.25) is 0 Å². The summed E-state index contributed by atoms with van der Waals surface area (Å²) in [6.45, 7) is 0. The summed E-state index contributed by atoms with van der Waals surface area (Å²) in [5, 5.41) is 0. The lowest BCUT2D eigenvalue weighted by atomic mass is 9.80. The van der Waals surface area contributed by atoms with Crippen LogP contribution in [0.4, 0.5) is 26.3 Å². The smallest absolute Gasteiger partial charge is 0.416 e. The van der Waals surface area contributed by atoms with E-state index in [1.54, 1.807) is 12.2 Å². The normalized spacial score (nSPS) is 16.3. The summed E-state index contributed by atoms with van der Waals surface area (Å²) in [7, 11) is 0. The zero-order valence-electron chi connectivity index (χ0n) is 19.7. The summed E-state index contributed by atoms with van der Waals surface area (Å²) in [5.74, 6) is 0.338. The fraction of sp³-hybridized carbons (Fsp3) is 0.0968. The highest BCUT2D eigenvalue weighted by atomic mass is 19.4. The first-order valence-electron chi connectivity index (χ1n) is 11.7. The molecular weight excluding hydrogens is 502 g/mol. The fourth-order valence-electron chi connectivity index (χ4n) is 4.52. The molecule has 0 N–H and O–H groups in total. The van der Waals surface area contributed by atoms with Crippen LogP contribution in [0.1, 0.15) is 33.4 Å². The van der Waals surface area contributed by atoms with Crippen molar-refractivity contribution < 1.29 is 31.1 Å². The van der Waals surface area contributed by atoms with Crippen LogP contribution in [-0.4, -0.2) is 0 Å². The van der Waals surface area contributed by atoms with Gasteiger partial charge in [-0.25, -0.2) is 0 Å². The van der Waals surface area contributed by atoms with Crippen molar-refractivity contribution >= 4 is 11.8 Å². The molecule has 0 radical (unpaired) electrons. The topological polar surface area (TPSA) is 9.23 Å². The minimum Gasteiger partial charge on any atom is -0.472 e. The van der Waals surface area contributed by atoms with E-state index in [-0.39, 0.29) is 0 Å². The van der Waals surface area contributed by atoms with Gasteiger partial charge in [0.05, 0.1) is 11.1 Å². The van der Waals surface area contributed by atoms with Crippen molar-refractivity contribution in [3.05, 3.63) is 154 Å². The molecule has 5 rings (SSSR count). The van der Waals surface area contributed by atoms with Crippen molar-refractivity contribution in [1.82, 2.24) is 0 Å². The van der Waals surface area contributed by atoms with E-state index >= 15 is 0 Å². The zero-order chi connectivity index (χ0) is 27.0. The Hall–Kier alpha value is -4.26. The molecule has 0 aromatic heterocycles. The molecule has 1 aliphatic heterocycles. The van der Waals surface area contributed by atoms with E-state index in [0.717, 1.165) is 35.4 Å². The van der Waals surface area contributed by atoms with Crippen LogP contribution in [-0.2, 0) is 22.7 Å². The lowest BCUT2D eigenvalue weighted by molar-refractivity contribution is -0.138. The summed E-state index contributed by atoms with van der Waals surface area (Å²) in [6, 6.07) is 28.0. The predicted octanol–water partition coefficient (Wildman–Crippen LogP) is 9.12. The van der Waals surface area contributed by atoms with Crippen molar-refractivity contribution in [2.45, 2.75) is 18.0 Å². The number of ether oxygens (including phenoxy) is 1. The second-order valence-electron chi connectivity index (χ2n) is 8.82. The average Bonchev–Trinajstić information content (AvgIpc) is 3.29. The molecule has 0 atom stereocenters. The highest BCUT2D eigenvalue weighted by Gasteiger charge is 2.45. The number of alkyl halides is 6. The van der Waals surface area contributed by atoms with Crippen LogP contribution in [0.5, 0.6) is 0 Å². The Morgan fingerprint density at radius 1 is 0.553 bits per heavy atom. The van der Waals surface area contributed by atoms with Gasteiger partial charge in [-0.3, -0.25) is 0 Å². The Kier molecular flexibility index (Phi) is 6.39. The molecule has 0 spiro atoms. The van der Waals surface area contributed by atoms with E-state index < -0.39 is 29.1 Å². The molecule has 0 saturated heterocycles. The van der Waals surface area contributed by atoms with Gasteiger partial charge in [-0.05, 0) is 42.0 Å². The Morgan fingerprint density at radius 2 is 1.00 bits per heavy atom. The first-order chi connectivity index (χ1) is 18.1. The molecule has 0 saturated carbocycles.